The molecule has 0 bridgehead atoms. The molecule has 0 saturated carbocycles. The van der Waals surface area contributed by atoms with Gasteiger partial charge in [-0.15, -0.1) is 0 Å². The van der Waals surface area contributed by atoms with Crippen LogP contribution in [0.3, 0.4) is 0 Å². The molecule has 0 spiro atoms. The van der Waals surface area contributed by atoms with Crippen LogP contribution >= 0.6 is 11.6 Å². The second-order valence-corrected chi connectivity index (χ2v) is 8.05. The fraction of sp³-hybridized carbons (Fsp3) is 0.409. The van der Waals surface area contributed by atoms with Gasteiger partial charge in [-0.1, -0.05) is 29.8 Å². The summed E-state index contributed by atoms with van der Waals surface area (Å²) in [6, 6.07) is 14.9. The standard InChI is InChI=1S/C22H28ClN5O3/c1-25(19-6-3-2-4-7-19)11-5-10-24-22(29)17-26-12-14-27(15-13-26)20-9-8-18(23)16-21(20)28(30)31/h2-4,6-9,16H,5,10-15,17H2,1H3,(H,24,29). The number of carbonyl (C=O) groups is 1. The van der Waals surface area contributed by atoms with Gasteiger partial charge in [-0.3, -0.25) is 19.8 Å². The first-order chi connectivity index (χ1) is 14.9. The third-order valence-corrected chi connectivity index (χ3v) is 5.64. The Kier molecular flexibility index (Phi) is 8.08. The molecule has 0 radical (unpaired) electrons. The van der Waals surface area contributed by atoms with Gasteiger partial charge in [-0.25, -0.2) is 0 Å². The Morgan fingerprint density at radius 1 is 1.16 bits per heavy atom. The van der Waals surface area contributed by atoms with Crippen molar-refractivity contribution in [3.63, 3.8) is 0 Å². The third-order valence-electron chi connectivity index (χ3n) is 5.40. The molecule has 0 atom stereocenters. The summed E-state index contributed by atoms with van der Waals surface area (Å²) >= 11 is 5.90. The molecule has 0 aliphatic carbocycles. The lowest BCUT2D eigenvalue weighted by Gasteiger charge is -2.35. The zero-order valence-electron chi connectivity index (χ0n) is 17.7. The number of carbonyl (C=O) groups excluding carboxylic acids is 1. The topological polar surface area (TPSA) is 82.0 Å². The molecule has 1 aliphatic rings. The lowest BCUT2D eigenvalue weighted by molar-refractivity contribution is -0.384. The summed E-state index contributed by atoms with van der Waals surface area (Å²) in [5.41, 5.74) is 1.74. The van der Waals surface area contributed by atoms with Crippen LogP contribution in [0, 0.1) is 10.1 Å². The number of anilines is 2. The molecular weight excluding hydrogens is 418 g/mol. The Balaban J connectivity index is 1.38. The van der Waals surface area contributed by atoms with Crippen LogP contribution in [0.4, 0.5) is 17.1 Å². The molecule has 2 aromatic rings. The summed E-state index contributed by atoms with van der Waals surface area (Å²) in [6.45, 7) is 4.42. The predicted octanol–water partition coefficient (Wildman–Crippen LogP) is 3.01. The van der Waals surface area contributed by atoms with Gasteiger partial charge >= 0.3 is 0 Å². The average Bonchev–Trinajstić information content (AvgIpc) is 2.77. The second kappa shape index (κ2) is 11.0. The van der Waals surface area contributed by atoms with Crippen molar-refractivity contribution in [1.82, 2.24) is 10.2 Å². The maximum absolute atomic E-state index is 12.3. The van der Waals surface area contributed by atoms with Crippen LogP contribution in [0.1, 0.15) is 6.42 Å². The third kappa shape index (κ3) is 6.57. The van der Waals surface area contributed by atoms with Gasteiger partial charge in [0.2, 0.25) is 5.91 Å². The minimum Gasteiger partial charge on any atom is -0.375 e. The highest BCUT2D eigenvalue weighted by Gasteiger charge is 2.24. The molecule has 0 aromatic heterocycles. The van der Waals surface area contributed by atoms with Gasteiger partial charge in [0.25, 0.3) is 5.69 Å². The van der Waals surface area contributed by atoms with Gasteiger partial charge in [0.05, 0.1) is 11.5 Å². The van der Waals surface area contributed by atoms with Crippen molar-refractivity contribution >= 4 is 34.6 Å². The van der Waals surface area contributed by atoms with E-state index in [0.717, 1.165) is 18.7 Å². The van der Waals surface area contributed by atoms with Gasteiger partial charge in [0.1, 0.15) is 5.69 Å². The summed E-state index contributed by atoms with van der Waals surface area (Å²) in [4.78, 5) is 29.4. The van der Waals surface area contributed by atoms with E-state index < -0.39 is 4.92 Å². The molecule has 1 heterocycles. The molecule has 1 fully saturated rings. The average molecular weight is 446 g/mol. The lowest BCUT2D eigenvalue weighted by atomic mass is 10.2. The first-order valence-electron chi connectivity index (χ1n) is 10.4. The molecule has 166 valence electrons. The zero-order valence-corrected chi connectivity index (χ0v) is 18.4. The Labute approximate surface area is 187 Å². The number of hydrogen-bond acceptors (Lipinski definition) is 6. The molecule has 0 unspecified atom stereocenters. The maximum Gasteiger partial charge on any atom is 0.294 e. The lowest BCUT2D eigenvalue weighted by Crippen LogP contribution is -2.49. The van der Waals surface area contributed by atoms with Crippen molar-refractivity contribution in [3.05, 3.63) is 63.7 Å². The number of rotatable bonds is 9. The van der Waals surface area contributed by atoms with Crippen molar-refractivity contribution in [1.29, 1.82) is 0 Å². The van der Waals surface area contributed by atoms with Gasteiger partial charge in [0, 0.05) is 63.1 Å². The van der Waals surface area contributed by atoms with E-state index in [2.05, 4.69) is 27.2 Å². The highest BCUT2D eigenvalue weighted by Crippen LogP contribution is 2.31. The van der Waals surface area contributed by atoms with E-state index in [1.54, 1.807) is 12.1 Å². The van der Waals surface area contributed by atoms with E-state index in [4.69, 9.17) is 11.6 Å². The number of halogens is 1. The smallest absolute Gasteiger partial charge is 0.294 e. The first kappa shape index (κ1) is 22.8. The Bertz CT molecular complexity index is 888. The van der Waals surface area contributed by atoms with Gasteiger partial charge in [0.15, 0.2) is 0 Å². The number of nitro benzene ring substituents is 1. The summed E-state index contributed by atoms with van der Waals surface area (Å²) in [5, 5.41) is 14.7. The van der Waals surface area contributed by atoms with Crippen LogP contribution in [0.15, 0.2) is 48.5 Å². The quantitative estimate of drug-likeness (QED) is 0.363. The Morgan fingerprint density at radius 3 is 2.55 bits per heavy atom. The SMILES string of the molecule is CN(CCCNC(=O)CN1CCN(c2ccc(Cl)cc2[N+](=O)[O-])CC1)c1ccccc1. The van der Waals surface area contributed by atoms with Crippen molar-refractivity contribution < 1.29 is 9.72 Å². The van der Waals surface area contributed by atoms with E-state index >= 15 is 0 Å². The molecule has 9 heteroatoms. The van der Waals surface area contributed by atoms with Crippen LogP contribution in [0.25, 0.3) is 0 Å². The normalized spacial score (nSPS) is 14.3. The van der Waals surface area contributed by atoms with Crippen LogP contribution in [0.5, 0.6) is 0 Å². The largest absolute Gasteiger partial charge is 0.375 e. The first-order valence-corrected chi connectivity index (χ1v) is 10.8. The van der Waals surface area contributed by atoms with Gasteiger partial charge < -0.3 is 15.1 Å². The molecular formula is C22H28ClN5O3. The zero-order chi connectivity index (χ0) is 22.2. The van der Waals surface area contributed by atoms with Crippen LogP contribution < -0.4 is 15.1 Å². The highest BCUT2D eigenvalue weighted by molar-refractivity contribution is 6.30. The number of piperazine rings is 1. The van der Waals surface area contributed by atoms with Crippen molar-refractivity contribution in [2.24, 2.45) is 0 Å². The molecule has 1 N–H and O–H groups in total. The number of benzene rings is 2. The summed E-state index contributed by atoms with van der Waals surface area (Å²) in [6.07, 6.45) is 0.866. The van der Waals surface area contributed by atoms with Crippen molar-refractivity contribution in [2.75, 3.05) is 62.7 Å². The van der Waals surface area contributed by atoms with E-state index in [1.165, 1.54) is 6.07 Å². The monoisotopic (exact) mass is 445 g/mol. The summed E-state index contributed by atoms with van der Waals surface area (Å²) in [5.74, 6) is 0.00767. The molecule has 1 amide bonds. The van der Waals surface area contributed by atoms with E-state index in [9.17, 15) is 14.9 Å². The van der Waals surface area contributed by atoms with E-state index in [0.29, 0.717) is 50.0 Å². The van der Waals surface area contributed by atoms with Gasteiger partial charge in [-0.2, -0.15) is 0 Å². The minimum atomic E-state index is -0.406. The predicted molar refractivity (Wildman–Crippen MR) is 124 cm³/mol. The Morgan fingerprint density at radius 2 is 1.87 bits per heavy atom. The molecule has 1 saturated heterocycles. The minimum absolute atomic E-state index is 0.00767. The number of hydrogen-bond donors (Lipinski definition) is 1. The molecule has 2 aromatic carbocycles. The van der Waals surface area contributed by atoms with Gasteiger partial charge in [-0.05, 0) is 30.7 Å². The highest BCUT2D eigenvalue weighted by atomic mass is 35.5. The van der Waals surface area contributed by atoms with E-state index in [1.807, 2.05) is 30.1 Å². The number of nitrogens with zero attached hydrogens (tertiary/aromatic N) is 4. The molecule has 3 rings (SSSR count). The molecule has 1 aliphatic heterocycles. The molecule has 8 nitrogen and oxygen atoms in total. The van der Waals surface area contributed by atoms with Crippen LogP contribution in [-0.2, 0) is 4.79 Å². The van der Waals surface area contributed by atoms with Crippen molar-refractivity contribution in [2.45, 2.75) is 6.42 Å². The van der Waals surface area contributed by atoms with E-state index in [-0.39, 0.29) is 11.6 Å². The molecule has 31 heavy (non-hydrogen) atoms. The van der Waals surface area contributed by atoms with Crippen molar-refractivity contribution in [3.8, 4) is 0 Å². The number of nitro groups is 1. The Hall–Kier alpha value is -2.84. The fourth-order valence-electron chi connectivity index (χ4n) is 3.67. The maximum atomic E-state index is 12.3. The summed E-state index contributed by atoms with van der Waals surface area (Å²) < 4.78 is 0. The number of nitrogens with one attached hydrogen (secondary N) is 1. The fourth-order valence-corrected chi connectivity index (χ4v) is 3.84. The van der Waals surface area contributed by atoms with Crippen LogP contribution in [-0.4, -0.2) is 68.6 Å². The summed E-state index contributed by atoms with van der Waals surface area (Å²) in [7, 11) is 2.04. The number of para-hydroxylation sites is 1. The van der Waals surface area contributed by atoms with Crippen LogP contribution in [0.2, 0.25) is 5.02 Å². The second-order valence-electron chi connectivity index (χ2n) is 7.61. The number of amides is 1.